The molecule has 12 heteroatoms. The van der Waals surface area contributed by atoms with Crippen LogP contribution in [0.3, 0.4) is 0 Å². The maximum atomic E-state index is 5.76. The maximum absolute atomic E-state index is 5.76. The predicted octanol–water partition coefficient (Wildman–Crippen LogP) is 6.97. The van der Waals surface area contributed by atoms with E-state index in [1.165, 1.54) is 0 Å². The van der Waals surface area contributed by atoms with Crippen molar-refractivity contribution in [3.8, 4) is 0 Å². The van der Waals surface area contributed by atoms with E-state index in [-0.39, 0.29) is 16.2 Å². The average molecular weight is 612 g/mol. The molecule has 0 unspecified atom stereocenters. The number of hydrogen-bond donors (Lipinski definition) is 0. The fourth-order valence-corrected chi connectivity index (χ4v) is 3.89. The zero-order valence-corrected chi connectivity index (χ0v) is 26.3. The molecule has 36 heavy (non-hydrogen) atoms. The van der Waals surface area contributed by atoms with Crippen LogP contribution in [-0.4, -0.2) is 36.2 Å². The van der Waals surface area contributed by atoms with Gasteiger partial charge in [-0.3, -0.25) is 13.8 Å². The molecule has 0 atom stereocenters. The number of halogens is 1. The van der Waals surface area contributed by atoms with Gasteiger partial charge in [-0.05, 0) is 36.4 Å². The van der Waals surface area contributed by atoms with Gasteiger partial charge < -0.3 is 0 Å². The Morgan fingerprint density at radius 1 is 0.556 bits per heavy atom. The molecule has 0 aliphatic carbocycles. The Kier molecular flexibility index (Phi) is 10.0. The zero-order chi connectivity index (χ0) is 27.6. The minimum atomic E-state index is -0.695. The van der Waals surface area contributed by atoms with Crippen molar-refractivity contribution in [2.24, 2.45) is 0 Å². The van der Waals surface area contributed by atoms with Crippen molar-refractivity contribution in [1.29, 1.82) is 0 Å². The molecule has 0 aliphatic rings. The van der Waals surface area contributed by atoms with Gasteiger partial charge in [-0.15, -0.1) is 0 Å². The van der Waals surface area contributed by atoms with E-state index in [4.69, 9.17) is 51.9 Å². The van der Waals surface area contributed by atoms with E-state index in [2.05, 4.69) is 87.5 Å². The summed E-state index contributed by atoms with van der Waals surface area (Å²) in [6.07, 6.45) is 0. The van der Waals surface area contributed by atoms with Gasteiger partial charge in [-0.1, -0.05) is 99.0 Å². The first-order valence-corrected chi connectivity index (χ1v) is 13.9. The summed E-state index contributed by atoms with van der Waals surface area (Å²) in [6, 6.07) is 11.6. The Labute approximate surface area is 242 Å². The van der Waals surface area contributed by atoms with E-state index < -0.39 is 7.12 Å². The molecule has 0 aliphatic heterocycles. The van der Waals surface area contributed by atoms with Crippen LogP contribution in [0, 0.1) is 13.9 Å². The van der Waals surface area contributed by atoms with Gasteiger partial charge in [0.05, 0.1) is 17.1 Å². The van der Waals surface area contributed by atoms with Crippen molar-refractivity contribution in [2.45, 2.75) is 78.6 Å². The normalized spacial score (nSPS) is 12.1. The Hall–Kier alpha value is -1.23. The Morgan fingerprint density at radius 3 is 0.972 bits per heavy atom. The second-order valence-electron chi connectivity index (χ2n) is 11.6. The van der Waals surface area contributed by atoms with Crippen LogP contribution in [0.25, 0.3) is 0 Å². The summed E-state index contributed by atoms with van der Waals surface area (Å²) in [6.45, 7) is 19.1. The van der Waals surface area contributed by atoms with E-state index in [9.17, 15) is 0 Å². The van der Waals surface area contributed by atoms with Gasteiger partial charge in [-0.2, -0.15) is 15.3 Å². The Balaban J connectivity index is 0.00000222. The van der Waals surface area contributed by atoms with Crippen molar-refractivity contribution in [3.63, 3.8) is 0 Å². The van der Waals surface area contributed by atoms with Crippen LogP contribution in [0.5, 0.6) is 0 Å². The standard InChI is InChI=1S/C24H33BN6S3.ClH.Cu/c1-22(2,3)16-10-13-19(32)29(26-16)25(30-20(33)14-11-17(27-30)23(4,5)6)31-21(34)15-12-18(28-31)24(7,8)9;;/h10-15H,1-9H3;1H;/q;;+1/p-1. The van der Waals surface area contributed by atoms with Crippen molar-refractivity contribution < 1.29 is 15.1 Å². The average Bonchev–Trinajstić information content (AvgIpc) is 2.76. The van der Waals surface area contributed by atoms with E-state index >= 15 is 0 Å². The van der Waals surface area contributed by atoms with Gasteiger partial charge in [0, 0.05) is 16.2 Å². The molecule has 0 spiro atoms. The first-order valence-electron chi connectivity index (χ1n) is 11.4. The molecular weight excluding hydrogens is 578 g/mol. The zero-order valence-electron chi connectivity index (χ0n) is 22.1. The van der Waals surface area contributed by atoms with E-state index in [1.54, 1.807) is 13.8 Å². The predicted molar refractivity (Wildman–Crippen MR) is 153 cm³/mol. The summed E-state index contributed by atoms with van der Waals surface area (Å²) >= 11 is 20.9. The molecule has 0 aromatic carbocycles. The molecule has 0 N–H and O–H groups in total. The molecule has 0 saturated heterocycles. The number of nitrogens with zero attached hydrogens (tertiary/aromatic N) is 6. The summed E-state index contributed by atoms with van der Waals surface area (Å²) in [7, 11) is 3.51. The molecule has 3 aromatic heterocycles. The quantitative estimate of drug-likeness (QED) is 0.236. The van der Waals surface area contributed by atoms with Gasteiger partial charge in [-0.25, -0.2) is 0 Å². The summed E-state index contributed by atoms with van der Waals surface area (Å²) in [4.78, 5) is 0. The summed E-state index contributed by atoms with van der Waals surface area (Å²) in [5, 5.41) is 14.9. The Bertz CT molecular complexity index is 1230. The molecule has 0 amide bonds. The first-order chi connectivity index (χ1) is 16.5. The molecule has 3 heterocycles. The van der Waals surface area contributed by atoms with Crippen LogP contribution in [0.2, 0.25) is 0 Å². The van der Waals surface area contributed by atoms with E-state index in [0.29, 0.717) is 13.9 Å². The fraction of sp³-hybridized carbons (Fsp3) is 0.500. The van der Waals surface area contributed by atoms with Crippen LogP contribution < -0.4 is 0 Å². The minimum absolute atomic E-state index is 0.181. The van der Waals surface area contributed by atoms with Gasteiger partial charge in [0.2, 0.25) is 0 Å². The van der Waals surface area contributed by atoms with Crippen LogP contribution in [0.1, 0.15) is 79.4 Å². The van der Waals surface area contributed by atoms with Gasteiger partial charge in [0.15, 0.2) is 0 Å². The fourth-order valence-electron chi connectivity index (χ4n) is 3.28. The SMILES string of the molecule is CC(C)(C)c1ccc(=S)n(B(n2nc(C(C)(C)C)ccc2=S)n2nc(C(C)(C)C)ccc2=S)n1.[Cl][Cu]. The number of hydrogen-bond acceptors (Lipinski definition) is 6. The van der Waals surface area contributed by atoms with E-state index in [0.717, 1.165) is 17.1 Å². The molecule has 198 valence electrons. The molecule has 0 saturated carbocycles. The second-order valence-corrected chi connectivity index (χ2v) is 12.9. The summed E-state index contributed by atoms with van der Waals surface area (Å²) in [5.41, 5.74) is 2.13. The van der Waals surface area contributed by atoms with Gasteiger partial charge in [0.25, 0.3) is 0 Å². The number of aromatic nitrogens is 6. The summed E-state index contributed by atoms with van der Waals surface area (Å²) < 4.78 is 6.86. The molecule has 3 aromatic rings. The monoisotopic (exact) mass is 610 g/mol. The molecule has 0 radical (unpaired) electrons. The molecular formula is C24H33BClCuN6S3. The van der Waals surface area contributed by atoms with Crippen LogP contribution >= 0.6 is 46.8 Å². The first kappa shape index (κ1) is 31.0. The van der Waals surface area contributed by atoms with Crippen molar-refractivity contribution >= 4 is 53.9 Å². The summed E-state index contributed by atoms with van der Waals surface area (Å²) in [5.74, 6) is 0. The van der Waals surface area contributed by atoms with Gasteiger partial charge in [0.1, 0.15) is 13.9 Å². The van der Waals surface area contributed by atoms with E-state index in [1.807, 2.05) is 36.4 Å². The molecule has 0 fully saturated rings. The third-order valence-corrected chi connectivity index (χ3v) is 6.41. The van der Waals surface area contributed by atoms with Crippen LogP contribution in [-0.2, 0) is 31.3 Å². The van der Waals surface area contributed by atoms with Crippen molar-refractivity contribution in [2.75, 3.05) is 0 Å². The Morgan fingerprint density at radius 2 is 0.778 bits per heavy atom. The third kappa shape index (κ3) is 7.20. The molecule has 0 bridgehead atoms. The van der Waals surface area contributed by atoms with Gasteiger partial charge >= 0.3 is 32.3 Å². The molecule has 3 rings (SSSR count). The topological polar surface area (TPSA) is 53.5 Å². The van der Waals surface area contributed by atoms with Crippen LogP contribution in [0.15, 0.2) is 36.4 Å². The number of rotatable bonds is 3. The third-order valence-electron chi connectivity index (χ3n) is 5.44. The van der Waals surface area contributed by atoms with Crippen LogP contribution in [0.4, 0.5) is 0 Å². The second kappa shape index (κ2) is 11.7. The molecule has 6 nitrogen and oxygen atoms in total. The van der Waals surface area contributed by atoms with Crippen molar-refractivity contribution in [1.82, 2.24) is 29.1 Å². The van der Waals surface area contributed by atoms with Crippen molar-refractivity contribution in [3.05, 3.63) is 67.4 Å².